The predicted molar refractivity (Wildman–Crippen MR) is 141 cm³/mol. The van der Waals surface area contributed by atoms with E-state index in [0.717, 1.165) is 30.2 Å². The number of nitrogens with one attached hydrogen (secondary N) is 1. The Morgan fingerprint density at radius 1 is 1.09 bits per heavy atom. The van der Waals surface area contributed by atoms with Gasteiger partial charge in [0.15, 0.2) is 0 Å². The van der Waals surface area contributed by atoms with E-state index in [4.69, 9.17) is 0 Å². The quantitative estimate of drug-likeness (QED) is 0.398. The van der Waals surface area contributed by atoms with Gasteiger partial charge in [0.05, 0.1) is 6.54 Å². The first-order chi connectivity index (χ1) is 16.7. The lowest BCUT2D eigenvalue weighted by Crippen LogP contribution is -2.29. The van der Waals surface area contributed by atoms with Crippen LogP contribution in [0.3, 0.4) is 0 Å². The summed E-state index contributed by atoms with van der Waals surface area (Å²) in [7, 11) is 3.82. The second kappa shape index (κ2) is 12.6. The van der Waals surface area contributed by atoms with E-state index in [1.807, 2.05) is 24.7 Å². The van der Waals surface area contributed by atoms with Crippen molar-refractivity contribution in [2.24, 2.45) is 0 Å². The molecule has 0 aliphatic rings. The minimum atomic E-state index is -0.172. The van der Waals surface area contributed by atoms with Gasteiger partial charge in [-0.05, 0) is 62.2 Å². The van der Waals surface area contributed by atoms with Gasteiger partial charge < -0.3 is 15.1 Å². The van der Waals surface area contributed by atoms with E-state index >= 15 is 0 Å². The summed E-state index contributed by atoms with van der Waals surface area (Å²) in [5, 5.41) is 5.83. The monoisotopic (exact) mass is 493 g/mol. The molecule has 2 heterocycles. The Bertz CT molecular complexity index is 1140. The van der Waals surface area contributed by atoms with Crippen LogP contribution < -0.4 is 5.32 Å². The minimum absolute atomic E-state index is 0.134. The molecule has 35 heavy (non-hydrogen) atoms. The third-order valence-electron chi connectivity index (χ3n) is 5.69. The summed E-state index contributed by atoms with van der Waals surface area (Å²) in [4.78, 5) is 38.1. The van der Waals surface area contributed by atoms with Crippen molar-refractivity contribution in [1.82, 2.24) is 25.1 Å². The van der Waals surface area contributed by atoms with Crippen LogP contribution in [0.25, 0.3) is 0 Å². The van der Waals surface area contributed by atoms with Crippen LogP contribution >= 0.6 is 11.3 Å². The molecule has 0 saturated heterocycles. The summed E-state index contributed by atoms with van der Waals surface area (Å²) in [6.45, 7) is 8.95. The molecule has 0 atom stereocenters. The molecule has 0 aliphatic carbocycles. The van der Waals surface area contributed by atoms with Gasteiger partial charge in [0.25, 0.3) is 11.8 Å². The van der Waals surface area contributed by atoms with Gasteiger partial charge in [-0.25, -0.2) is 4.98 Å². The Balaban J connectivity index is 1.45. The molecule has 0 aliphatic heterocycles. The molecule has 0 saturated carbocycles. The number of carbonyl (C=O) groups excluding carboxylic acids is 2. The number of thiazole rings is 1. The van der Waals surface area contributed by atoms with Gasteiger partial charge in [-0.2, -0.15) is 0 Å². The Morgan fingerprint density at radius 2 is 1.86 bits per heavy atom. The van der Waals surface area contributed by atoms with E-state index in [1.165, 1.54) is 22.5 Å². The van der Waals surface area contributed by atoms with Crippen LogP contribution in [0.2, 0.25) is 0 Å². The number of benzene rings is 1. The third kappa shape index (κ3) is 7.97. The van der Waals surface area contributed by atoms with Gasteiger partial charge in [-0.3, -0.25) is 14.6 Å². The predicted octanol–water partition coefficient (Wildman–Crippen LogP) is 4.49. The van der Waals surface area contributed by atoms with Crippen molar-refractivity contribution in [1.29, 1.82) is 0 Å². The van der Waals surface area contributed by atoms with E-state index in [-0.39, 0.29) is 11.8 Å². The molecule has 186 valence electrons. The summed E-state index contributed by atoms with van der Waals surface area (Å²) >= 11 is 1.54. The molecule has 3 rings (SSSR count). The second-order valence-electron chi connectivity index (χ2n) is 9.25. The van der Waals surface area contributed by atoms with Crippen molar-refractivity contribution in [2.75, 3.05) is 27.2 Å². The second-order valence-corrected chi connectivity index (χ2v) is 10.2. The van der Waals surface area contributed by atoms with Gasteiger partial charge in [0.2, 0.25) is 0 Å². The maximum absolute atomic E-state index is 12.8. The number of carbonyl (C=O) groups is 2. The Kier molecular flexibility index (Phi) is 9.51. The number of hydrogen-bond acceptors (Lipinski definition) is 6. The van der Waals surface area contributed by atoms with E-state index in [1.54, 1.807) is 36.2 Å². The summed E-state index contributed by atoms with van der Waals surface area (Å²) in [5.41, 5.74) is 4.37. The Labute approximate surface area is 212 Å². The van der Waals surface area contributed by atoms with E-state index in [0.29, 0.717) is 30.1 Å². The first-order valence-corrected chi connectivity index (χ1v) is 12.8. The topological polar surface area (TPSA) is 78.4 Å². The van der Waals surface area contributed by atoms with Gasteiger partial charge in [0, 0.05) is 54.7 Å². The molecular weight excluding hydrogens is 458 g/mol. The highest BCUT2D eigenvalue weighted by Crippen LogP contribution is 2.16. The van der Waals surface area contributed by atoms with Gasteiger partial charge >= 0.3 is 0 Å². The molecule has 0 spiro atoms. The van der Waals surface area contributed by atoms with Crippen molar-refractivity contribution >= 4 is 23.2 Å². The molecular formula is C27H35N5O2S. The number of aromatic nitrogens is 2. The molecule has 0 radical (unpaired) electrons. The van der Waals surface area contributed by atoms with E-state index < -0.39 is 0 Å². The molecule has 1 N–H and O–H groups in total. The summed E-state index contributed by atoms with van der Waals surface area (Å²) in [5.74, 6) is 0.152. The standard InChI is InChI=1S/C27H35N5O2S/c1-19(2)24-12-21(14-28-15-24)16-31(4)11-7-10-29-26(33)22-8-6-9-23(13-22)27(34)32(5)17-25-30-20(3)18-35-25/h6,8-9,12-15,18-19H,7,10-11,16-17H2,1-5H3,(H,29,33). The number of pyridine rings is 1. The van der Waals surface area contributed by atoms with Crippen molar-refractivity contribution in [3.63, 3.8) is 0 Å². The van der Waals surface area contributed by atoms with E-state index in [2.05, 4.69) is 47.1 Å². The highest BCUT2D eigenvalue weighted by molar-refractivity contribution is 7.09. The summed E-state index contributed by atoms with van der Waals surface area (Å²) < 4.78 is 0. The molecule has 0 bridgehead atoms. The molecule has 0 fully saturated rings. The van der Waals surface area contributed by atoms with Gasteiger partial charge in [0.1, 0.15) is 5.01 Å². The Morgan fingerprint density at radius 3 is 2.57 bits per heavy atom. The zero-order valence-corrected chi connectivity index (χ0v) is 22.1. The average Bonchev–Trinajstić information content (AvgIpc) is 3.25. The highest BCUT2D eigenvalue weighted by Gasteiger charge is 2.15. The molecule has 2 aromatic heterocycles. The maximum Gasteiger partial charge on any atom is 0.253 e. The lowest BCUT2D eigenvalue weighted by atomic mass is 10.0. The van der Waals surface area contributed by atoms with Crippen molar-refractivity contribution in [3.05, 3.63) is 81.1 Å². The number of nitrogens with zero attached hydrogens (tertiary/aromatic N) is 4. The van der Waals surface area contributed by atoms with Crippen molar-refractivity contribution in [2.45, 2.75) is 46.2 Å². The summed E-state index contributed by atoms with van der Waals surface area (Å²) in [6.07, 6.45) is 4.66. The average molecular weight is 494 g/mol. The first-order valence-electron chi connectivity index (χ1n) is 11.9. The molecule has 8 heteroatoms. The normalized spacial score (nSPS) is 11.2. The fourth-order valence-electron chi connectivity index (χ4n) is 3.72. The van der Waals surface area contributed by atoms with E-state index in [9.17, 15) is 9.59 Å². The summed E-state index contributed by atoms with van der Waals surface area (Å²) in [6, 6.07) is 9.08. The maximum atomic E-state index is 12.8. The van der Waals surface area contributed by atoms with Crippen molar-refractivity contribution in [3.8, 4) is 0 Å². The highest BCUT2D eigenvalue weighted by atomic mass is 32.1. The minimum Gasteiger partial charge on any atom is -0.352 e. The fraction of sp³-hybridized carbons (Fsp3) is 0.407. The van der Waals surface area contributed by atoms with Crippen LogP contribution in [0, 0.1) is 6.92 Å². The molecule has 3 aromatic rings. The van der Waals surface area contributed by atoms with Crippen LogP contribution in [0.15, 0.2) is 48.1 Å². The molecule has 0 unspecified atom stereocenters. The fourth-order valence-corrected chi connectivity index (χ4v) is 4.54. The smallest absolute Gasteiger partial charge is 0.253 e. The number of rotatable bonds is 11. The lowest BCUT2D eigenvalue weighted by molar-refractivity contribution is 0.0785. The molecule has 1 aromatic carbocycles. The largest absolute Gasteiger partial charge is 0.352 e. The zero-order valence-electron chi connectivity index (χ0n) is 21.2. The van der Waals surface area contributed by atoms with Crippen LogP contribution in [-0.2, 0) is 13.1 Å². The third-order valence-corrected chi connectivity index (χ3v) is 6.65. The Hall–Kier alpha value is -3.10. The number of aryl methyl sites for hydroxylation is 1. The number of hydrogen-bond donors (Lipinski definition) is 1. The zero-order chi connectivity index (χ0) is 25.4. The van der Waals surface area contributed by atoms with Gasteiger partial charge in [-0.15, -0.1) is 11.3 Å². The molecule has 7 nitrogen and oxygen atoms in total. The SMILES string of the molecule is Cc1csc(CN(C)C(=O)c2cccc(C(=O)NCCCN(C)Cc3cncc(C(C)C)c3)c2)n1. The van der Waals surface area contributed by atoms with Crippen LogP contribution in [-0.4, -0.2) is 58.8 Å². The van der Waals surface area contributed by atoms with Crippen LogP contribution in [0.5, 0.6) is 0 Å². The molecule has 2 amide bonds. The number of amides is 2. The van der Waals surface area contributed by atoms with Gasteiger partial charge in [-0.1, -0.05) is 26.0 Å². The van der Waals surface area contributed by atoms with Crippen LogP contribution in [0.4, 0.5) is 0 Å². The van der Waals surface area contributed by atoms with Crippen molar-refractivity contribution < 1.29 is 9.59 Å². The lowest BCUT2D eigenvalue weighted by Gasteiger charge is -2.18. The van der Waals surface area contributed by atoms with Crippen LogP contribution in [0.1, 0.15) is 68.7 Å². The first kappa shape index (κ1) is 26.5.